The normalized spacial score (nSPS) is 13.0. The van der Waals surface area contributed by atoms with Crippen molar-refractivity contribution < 1.29 is 9.90 Å². The van der Waals surface area contributed by atoms with Crippen molar-refractivity contribution in [2.45, 2.75) is 78.1 Å². The van der Waals surface area contributed by atoms with Gasteiger partial charge in [-0.25, -0.2) is 0 Å². The average Bonchev–Trinajstić information content (AvgIpc) is 2.35. The minimum atomic E-state index is -0.704. The molecule has 0 saturated carbocycles. The van der Waals surface area contributed by atoms with Crippen LogP contribution in [-0.4, -0.2) is 11.1 Å². The van der Waals surface area contributed by atoms with E-state index in [9.17, 15) is 4.79 Å². The Labute approximate surface area is 112 Å². The van der Waals surface area contributed by atoms with Crippen molar-refractivity contribution in [2.24, 2.45) is 5.92 Å². The summed E-state index contributed by atoms with van der Waals surface area (Å²) in [4.78, 5) is 10.8. The number of aliphatic carboxylic acids is 1. The maximum atomic E-state index is 10.8. The zero-order valence-electron chi connectivity index (χ0n) is 12.2. The highest BCUT2D eigenvalue weighted by Gasteiger charge is 2.09. The van der Waals surface area contributed by atoms with Crippen molar-refractivity contribution >= 4 is 5.97 Å². The van der Waals surface area contributed by atoms with E-state index in [2.05, 4.69) is 6.92 Å². The van der Waals surface area contributed by atoms with Crippen LogP contribution in [0, 0.1) is 5.92 Å². The Kier molecular flexibility index (Phi) is 12.1. The molecule has 0 aromatic carbocycles. The Morgan fingerprint density at radius 3 is 2.06 bits per heavy atom. The first kappa shape index (κ1) is 17.2. The summed E-state index contributed by atoms with van der Waals surface area (Å²) < 4.78 is 0. The Balaban J connectivity index is 3.34. The van der Waals surface area contributed by atoms with Gasteiger partial charge in [-0.3, -0.25) is 4.79 Å². The van der Waals surface area contributed by atoms with Crippen LogP contribution in [-0.2, 0) is 4.79 Å². The number of hydrogen-bond acceptors (Lipinski definition) is 1. The lowest BCUT2D eigenvalue weighted by atomic mass is 10.0. The van der Waals surface area contributed by atoms with Crippen LogP contribution in [0.3, 0.4) is 0 Å². The molecule has 0 rings (SSSR count). The number of carboxylic acids is 1. The summed E-state index contributed by atoms with van der Waals surface area (Å²) >= 11 is 0. The lowest BCUT2D eigenvalue weighted by Gasteiger charge is -2.02. The third kappa shape index (κ3) is 10.4. The van der Waals surface area contributed by atoms with Crippen LogP contribution in [0.2, 0.25) is 0 Å². The Morgan fingerprint density at radius 2 is 1.56 bits per heavy atom. The largest absolute Gasteiger partial charge is 0.481 e. The van der Waals surface area contributed by atoms with Gasteiger partial charge in [-0.05, 0) is 19.3 Å². The average molecular weight is 254 g/mol. The van der Waals surface area contributed by atoms with Crippen molar-refractivity contribution in [1.82, 2.24) is 0 Å². The molecule has 0 radical (unpaired) electrons. The molecule has 0 heterocycles. The molecule has 0 saturated heterocycles. The number of carbonyl (C=O) groups is 1. The fourth-order valence-electron chi connectivity index (χ4n) is 2.05. The molecule has 1 unspecified atom stereocenters. The van der Waals surface area contributed by atoms with E-state index in [4.69, 9.17) is 5.11 Å². The minimum absolute atomic E-state index is 0.293. The second-order valence-corrected chi connectivity index (χ2v) is 5.04. The first-order valence-corrected chi connectivity index (χ1v) is 7.61. The van der Waals surface area contributed by atoms with E-state index < -0.39 is 5.97 Å². The van der Waals surface area contributed by atoms with Crippen LogP contribution in [0.25, 0.3) is 0 Å². The van der Waals surface area contributed by atoms with E-state index >= 15 is 0 Å². The molecule has 0 fully saturated rings. The highest BCUT2D eigenvalue weighted by Crippen LogP contribution is 2.11. The maximum absolute atomic E-state index is 10.8. The molecule has 0 amide bonds. The summed E-state index contributed by atoms with van der Waals surface area (Å²) in [6.45, 7) is 4.16. The number of hydrogen-bond donors (Lipinski definition) is 1. The molecule has 0 aliphatic rings. The molecule has 18 heavy (non-hydrogen) atoms. The molecule has 0 aromatic heterocycles. The Hall–Kier alpha value is -0.790. The minimum Gasteiger partial charge on any atom is -0.481 e. The van der Waals surface area contributed by atoms with Gasteiger partial charge >= 0.3 is 5.97 Å². The predicted molar refractivity (Wildman–Crippen MR) is 77.8 cm³/mol. The van der Waals surface area contributed by atoms with Gasteiger partial charge in [-0.15, -0.1) is 0 Å². The fourth-order valence-corrected chi connectivity index (χ4v) is 2.05. The highest BCUT2D eigenvalue weighted by atomic mass is 16.4. The lowest BCUT2D eigenvalue weighted by molar-refractivity contribution is -0.140. The second-order valence-electron chi connectivity index (χ2n) is 5.04. The van der Waals surface area contributed by atoms with Crippen molar-refractivity contribution in [3.05, 3.63) is 12.2 Å². The van der Waals surface area contributed by atoms with Gasteiger partial charge in [0.15, 0.2) is 0 Å². The molecule has 2 nitrogen and oxygen atoms in total. The molecule has 0 spiro atoms. The number of rotatable bonds is 12. The zero-order chi connectivity index (χ0) is 13.6. The molecule has 0 bridgehead atoms. The standard InChI is InChI=1S/C16H30O2/c1-3-5-6-7-8-9-10-11-12-13-14-15(4-2)16(17)18/h13-15H,3-12H2,1-2H3,(H,17,18). The van der Waals surface area contributed by atoms with Crippen molar-refractivity contribution in [2.75, 3.05) is 0 Å². The summed E-state index contributed by atoms with van der Waals surface area (Å²) in [5, 5.41) is 8.87. The van der Waals surface area contributed by atoms with Gasteiger partial charge in [-0.2, -0.15) is 0 Å². The monoisotopic (exact) mass is 254 g/mol. The van der Waals surface area contributed by atoms with Gasteiger partial charge in [0.1, 0.15) is 0 Å². The smallest absolute Gasteiger partial charge is 0.310 e. The summed E-state index contributed by atoms with van der Waals surface area (Å²) in [5.74, 6) is -0.997. The molecule has 0 aliphatic heterocycles. The van der Waals surface area contributed by atoms with Gasteiger partial charge in [0.05, 0.1) is 5.92 Å². The van der Waals surface area contributed by atoms with Crippen LogP contribution < -0.4 is 0 Å². The first-order valence-electron chi connectivity index (χ1n) is 7.61. The van der Waals surface area contributed by atoms with Gasteiger partial charge in [0, 0.05) is 0 Å². The lowest BCUT2D eigenvalue weighted by Crippen LogP contribution is -2.08. The third-order valence-electron chi connectivity index (χ3n) is 3.35. The number of allylic oxidation sites excluding steroid dienone is 1. The van der Waals surface area contributed by atoms with E-state index in [1.54, 1.807) is 0 Å². The van der Waals surface area contributed by atoms with Crippen molar-refractivity contribution in [1.29, 1.82) is 0 Å². The van der Waals surface area contributed by atoms with Gasteiger partial charge in [0.25, 0.3) is 0 Å². The van der Waals surface area contributed by atoms with Crippen molar-refractivity contribution in [3.8, 4) is 0 Å². The van der Waals surface area contributed by atoms with Crippen LogP contribution in [0.5, 0.6) is 0 Å². The van der Waals surface area contributed by atoms with E-state index in [-0.39, 0.29) is 5.92 Å². The quantitative estimate of drug-likeness (QED) is 0.384. The number of unbranched alkanes of at least 4 members (excludes halogenated alkanes) is 8. The van der Waals surface area contributed by atoms with Crippen molar-refractivity contribution in [3.63, 3.8) is 0 Å². The Bertz CT molecular complexity index is 221. The van der Waals surface area contributed by atoms with Gasteiger partial charge in [0.2, 0.25) is 0 Å². The molecule has 1 atom stereocenters. The molecular formula is C16H30O2. The Morgan fingerprint density at radius 1 is 1.00 bits per heavy atom. The van der Waals surface area contributed by atoms with Gasteiger partial charge in [-0.1, -0.05) is 70.9 Å². The van der Waals surface area contributed by atoms with E-state index in [1.807, 2.05) is 19.1 Å². The van der Waals surface area contributed by atoms with Gasteiger partial charge < -0.3 is 5.11 Å². The van der Waals surface area contributed by atoms with Crippen LogP contribution >= 0.6 is 0 Å². The van der Waals surface area contributed by atoms with Crippen LogP contribution in [0.1, 0.15) is 78.1 Å². The fraction of sp³-hybridized carbons (Fsp3) is 0.812. The molecular weight excluding hydrogens is 224 g/mol. The maximum Gasteiger partial charge on any atom is 0.310 e. The van der Waals surface area contributed by atoms with Crippen LogP contribution in [0.4, 0.5) is 0 Å². The van der Waals surface area contributed by atoms with Crippen LogP contribution in [0.15, 0.2) is 12.2 Å². The van der Waals surface area contributed by atoms with E-state index in [0.717, 1.165) is 6.42 Å². The molecule has 106 valence electrons. The summed E-state index contributed by atoms with van der Waals surface area (Å²) in [5.41, 5.74) is 0. The first-order chi connectivity index (χ1) is 8.72. The second kappa shape index (κ2) is 12.7. The van der Waals surface area contributed by atoms with E-state index in [0.29, 0.717) is 6.42 Å². The molecule has 1 N–H and O–H groups in total. The summed E-state index contributed by atoms with van der Waals surface area (Å²) in [6.07, 6.45) is 16.2. The molecule has 2 heteroatoms. The number of carboxylic acid groups (broad SMARTS) is 1. The SMILES string of the molecule is CCCCCCCCCCC=CC(CC)C(=O)O. The summed E-state index contributed by atoms with van der Waals surface area (Å²) in [7, 11) is 0. The summed E-state index contributed by atoms with van der Waals surface area (Å²) in [6, 6.07) is 0. The molecule has 0 aliphatic carbocycles. The predicted octanol–water partition coefficient (Wildman–Crippen LogP) is 5.18. The highest BCUT2D eigenvalue weighted by molar-refractivity contribution is 5.71. The van der Waals surface area contributed by atoms with E-state index in [1.165, 1.54) is 51.4 Å². The topological polar surface area (TPSA) is 37.3 Å². The third-order valence-corrected chi connectivity index (χ3v) is 3.35. The molecule has 0 aromatic rings. The zero-order valence-corrected chi connectivity index (χ0v) is 12.2.